The Bertz CT molecular complexity index is 343. The van der Waals surface area contributed by atoms with Crippen molar-refractivity contribution in [2.24, 2.45) is 0 Å². The van der Waals surface area contributed by atoms with Crippen LogP contribution >= 0.6 is 0 Å². The van der Waals surface area contributed by atoms with Crippen LogP contribution in [0.3, 0.4) is 0 Å². The van der Waals surface area contributed by atoms with E-state index in [0.29, 0.717) is 0 Å². The normalized spacial score (nSPS) is 10.2. The van der Waals surface area contributed by atoms with Gasteiger partial charge in [0.05, 0.1) is 0 Å². The SMILES string of the molecule is O=S(=O)([O-])[O-].O=S(=O)([O-])[O-].O=S(=O)([O-])[O-].[Al+3].[Y+3]. The Balaban J connectivity index is -0.0000000400. The number of hydrogen-bond acceptors (Lipinski definition) is 12. The fourth-order valence-corrected chi connectivity index (χ4v) is 0. The summed E-state index contributed by atoms with van der Waals surface area (Å²) in [6.07, 6.45) is 0. The minimum absolute atomic E-state index is 0. The second kappa shape index (κ2) is 12.3. The summed E-state index contributed by atoms with van der Waals surface area (Å²) in [4.78, 5) is 0. The summed E-state index contributed by atoms with van der Waals surface area (Å²) in [5.41, 5.74) is 0. The first kappa shape index (κ1) is 30.9. The molecule has 0 aliphatic rings. The van der Waals surface area contributed by atoms with Crippen LogP contribution in [0.25, 0.3) is 0 Å². The Morgan fingerprint density at radius 2 is 0.471 bits per heavy atom. The summed E-state index contributed by atoms with van der Waals surface area (Å²) in [5.74, 6) is 0. The first-order chi connectivity index (χ1) is 6.00. The zero-order valence-electron chi connectivity index (χ0n) is 7.28. The fraction of sp³-hybridized carbons (Fsp3) is 0. The summed E-state index contributed by atoms with van der Waals surface area (Å²) < 4.78 is 102. The van der Waals surface area contributed by atoms with E-state index in [-0.39, 0.29) is 50.1 Å². The van der Waals surface area contributed by atoms with E-state index in [9.17, 15) is 0 Å². The molecule has 0 N–H and O–H groups in total. The first-order valence-corrected chi connectivity index (χ1v) is 6.00. The van der Waals surface area contributed by atoms with Crippen molar-refractivity contribution in [3.8, 4) is 0 Å². The van der Waals surface area contributed by atoms with Gasteiger partial charge in [-0.05, 0) is 0 Å². The molecule has 17 heteroatoms. The average molecular weight is 404 g/mol. The Kier molecular flexibility index (Phi) is 22.4. The van der Waals surface area contributed by atoms with Gasteiger partial charge in [-0.2, -0.15) is 0 Å². The molecule has 0 atom stereocenters. The van der Waals surface area contributed by atoms with E-state index < -0.39 is 31.2 Å². The molecule has 0 radical (unpaired) electrons. The predicted molar refractivity (Wildman–Crippen MR) is 37.2 cm³/mol. The van der Waals surface area contributed by atoms with Crippen molar-refractivity contribution in [1.29, 1.82) is 0 Å². The van der Waals surface area contributed by atoms with E-state index in [0.717, 1.165) is 0 Å². The van der Waals surface area contributed by atoms with E-state index in [2.05, 4.69) is 0 Å². The van der Waals surface area contributed by atoms with E-state index >= 15 is 0 Å². The second-order valence-corrected chi connectivity index (χ2v) is 3.67. The molecule has 96 valence electrons. The van der Waals surface area contributed by atoms with Crippen molar-refractivity contribution in [2.45, 2.75) is 0 Å². The summed E-state index contributed by atoms with van der Waals surface area (Å²) in [6.45, 7) is 0. The van der Waals surface area contributed by atoms with Gasteiger partial charge in [-0.25, -0.2) is 0 Å². The molecule has 0 fully saturated rings. The van der Waals surface area contributed by atoms with Crippen molar-refractivity contribution >= 4 is 48.6 Å². The minimum Gasteiger partial charge on any atom is -0.759 e. The predicted octanol–water partition coefficient (Wildman–Crippen LogP) is -4.40. The Labute approximate surface area is 133 Å². The summed E-state index contributed by atoms with van der Waals surface area (Å²) in [7, 11) is -15.5. The third kappa shape index (κ3) is 2580. The van der Waals surface area contributed by atoms with Crippen LogP contribution in [0.2, 0.25) is 0 Å². The average Bonchev–Trinajstić information content (AvgIpc) is 1.41. The Morgan fingerprint density at radius 3 is 0.471 bits per heavy atom. The quantitative estimate of drug-likeness (QED) is 0.211. The van der Waals surface area contributed by atoms with Crippen LogP contribution < -0.4 is 0 Å². The molecule has 0 amide bonds. The van der Waals surface area contributed by atoms with E-state index in [1.165, 1.54) is 0 Å². The minimum atomic E-state index is -5.17. The monoisotopic (exact) mass is 404 g/mol. The molecule has 0 bridgehead atoms. The summed E-state index contributed by atoms with van der Waals surface area (Å²) in [6, 6.07) is 0. The third-order valence-corrected chi connectivity index (χ3v) is 0. The van der Waals surface area contributed by atoms with Crippen LogP contribution in [0.1, 0.15) is 0 Å². The smallest absolute Gasteiger partial charge is 0.759 e. The van der Waals surface area contributed by atoms with Crippen LogP contribution in [-0.2, 0) is 63.9 Å². The van der Waals surface area contributed by atoms with E-state index in [4.69, 9.17) is 52.6 Å². The number of rotatable bonds is 0. The molecule has 0 heterocycles. The van der Waals surface area contributed by atoms with Crippen LogP contribution in [0, 0.1) is 0 Å². The fourth-order valence-electron chi connectivity index (χ4n) is 0. The summed E-state index contributed by atoms with van der Waals surface area (Å²) in [5, 5.41) is 0. The van der Waals surface area contributed by atoms with Gasteiger partial charge in [-0.15, -0.1) is 0 Å². The van der Waals surface area contributed by atoms with Crippen molar-refractivity contribution < 1.29 is 85.3 Å². The van der Waals surface area contributed by atoms with Crippen molar-refractivity contribution in [3.63, 3.8) is 0 Å². The van der Waals surface area contributed by atoms with Crippen LogP contribution in [0.5, 0.6) is 0 Å². The van der Waals surface area contributed by atoms with Gasteiger partial charge in [0.2, 0.25) is 0 Å². The van der Waals surface area contributed by atoms with E-state index in [1.54, 1.807) is 0 Å². The molecule has 12 nitrogen and oxygen atoms in total. The largest absolute Gasteiger partial charge is 3.00 e. The van der Waals surface area contributed by atoms with Gasteiger partial charge >= 0.3 is 50.1 Å². The van der Waals surface area contributed by atoms with Gasteiger partial charge in [0.15, 0.2) is 0 Å². The van der Waals surface area contributed by atoms with Crippen molar-refractivity contribution in [3.05, 3.63) is 0 Å². The molecule has 17 heavy (non-hydrogen) atoms. The van der Waals surface area contributed by atoms with Crippen LogP contribution in [0.4, 0.5) is 0 Å². The molecule has 0 unspecified atom stereocenters. The molecule has 0 saturated heterocycles. The molecular formula is AlO12S3Y. The zero-order valence-corrected chi connectivity index (χ0v) is 13.7. The Hall–Kier alpha value is 1.25. The van der Waals surface area contributed by atoms with Crippen LogP contribution in [-0.4, -0.2) is 69.9 Å². The first-order valence-electron chi connectivity index (χ1n) is 2.00. The molecule has 0 aromatic carbocycles. The van der Waals surface area contributed by atoms with Crippen molar-refractivity contribution in [2.75, 3.05) is 0 Å². The maximum atomic E-state index is 8.52. The second-order valence-electron chi connectivity index (χ2n) is 1.22. The maximum absolute atomic E-state index is 8.52. The molecule has 0 rings (SSSR count). The summed E-state index contributed by atoms with van der Waals surface area (Å²) >= 11 is 0. The van der Waals surface area contributed by atoms with Crippen molar-refractivity contribution in [1.82, 2.24) is 0 Å². The topological polar surface area (TPSA) is 241 Å². The van der Waals surface area contributed by atoms with Crippen LogP contribution in [0.15, 0.2) is 0 Å². The molecule has 0 saturated carbocycles. The third-order valence-electron chi connectivity index (χ3n) is 0. The Morgan fingerprint density at radius 1 is 0.471 bits per heavy atom. The maximum Gasteiger partial charge on any atom is 3.00 e. The molecule has 0 aliphatic carbocycles. The van der Waals surface area contributed by atoms with Gasteiger partial charge in [-0.3, -0.25) is 25.3 Å². The number of hydrogen-bond donors (Lipinski definition) is 0. The molecule has 0 spiro atoms. The van der Waals surface area contributed by atoms with Gasteiger partial charge < -0.3 is 27.3 Å². The molecule has 0 aromatic heterocycles. The van der Waals surface area contributed by atoms with Gasteiger partial charge in [0, 0.05) is 31.2 Å². The van der Waals surface area contributed by atoms with Gasteiger partial charge in [0.25, 0.3) is 0 Å². The molecule has 0 aromatic rings. The molecule has 0 aliphatic heterocycles. The van der Waals surface area contributed by atoms with Gasteiger partial charge in [-0.1, -0.05) is 0 Å². The van der Waals surface area contributed by atoms with E-state index in [1.807, 2.05) is 0 Å². The zero-order chi connectivity index (χ0) is 13.5. The standard InChI is InChI=1S/Al.3H2O4S.Y/c;3*1-5(2,3)4;/h;3*(H2,1,2,3,4);/q+3;;;;+3/p-6. The van der Waals surface area contributed by atoms with Gasteiger partial charge in [0.1, 0.15) is 0 Å². The molecular weight excluding hydrogens is 404 g/mol.